The Morgan fingerprint density at radius 2 is 1.74 bits per heavy atom. The molecule has 34 heavy (non-hydrogen) atoms. The van der Waals surface area contributed by atoms with E-state index in [1.165, 1.54) is 0 Å². The predicted octanol–water partition coefficient (Wildman–Crippen LogP) is 6.48. The fourth-order valence-corrected chi connectivity index (χ4v) is 3.53. The highest BCUT2D eigenvalue weighted by Gasteiger charge is 2.30. The van der Waals surface area contributed by atoms with Crippen molar-refractivity contribution in [2.75, 3.05) is 20.2 Å². The van der Waals surface area contributed by atoms with Crippen LogP contribution in [-0.2, 0) is 0 Å². The van der Waals surface area contributed by atoms with Crippen LogP contribution in [-0.4, -0.2) is 40.8 Å². The van der Waals surface area contributed by atoms with Crippen LogP contribution < -0.4 is 4.74 Å². The van der Waals surface area contributed by atoms with Crippen LogP contribution in [0.2, 0.25) is 0 Å². The van der Waals surface area contributed by atoms with Gasteiger partial charge in [-0.2, -0.15) is 9.78 Å². The molecule has 176 valence electrons. The standard InChI is InChI=1S/C29H33N3O2/c1-7-15-23(16-8-2)22-31(21-11-5)28(33)26-27(24-19-13-12-14-20-24)30-32(29(26)34-6)25(17-9-3)18-10-4/h7-20H,1,3,5,21-22H2,2,4,6H3/b16-8-,18-10-,23-15+,25-17+. The summed E-state index contributed by atoms with van der Waals surface area (Å²) in [6.07, 6.45) is 16.5. The summed E-state index contributed by atoms with van der Waals surface area (Å²) in [5.41, 5.74) is 3.41. The van der Waals surface area contributed by atoms with Crippen LogP contribution in [0.1, 0.15) is 24.2 Å². The normalized spacial score (nSPS) is 12.2. The molecule has 0 unspecified atom stereocenters. The summed E-state index contributed by atoms with van der Waals surface area (Å²) in [4.78, 5) is 15.7. The maximum Gasteiger partial charge on any atom is 0.262 e. The van der Waals surface area contributed by atoms with E-state index in [1.54, 1.807) is 34.9 Å². The molecule has 0 bridgehead atoms. The van der Waals surface area contributed by atoms with Crippen molar-refractivity contribution < 1.29 is 9.53 Å². The molecular weight excluding hydrogens is 422 g/mol. The summed E-state index contributed by atoms with van der Waals surface area (Å²) < 4.78 is 7.41. The fraction of sp³-hybridized carbons (Fsp3) is 0.172. The molecule has 1 aromatic carbocycles. The molecule has 2 rings (SSSR count). The molecule has 0 spiro atoms. The van der Waals surface area contributed by atoms with Crippen LogP contribution in [0.5, 0.6) is 5.88 Å². The van der Waals surface area contributed by atoms with Crippen LogP contribution in [0, 0.1) is 0 Å². The first-order chi connectivity index (χ1) is 16.6. The second-order valence-corrected chi connectivity index (χ2v) is 7.29. The van der Waals surface area contributed by atoms with Gasteiger partial charge in [0.15, 0.2) is 0 Å². The minimum Gasteiger partial charge on any atom is -0.480 e. The maximum absolute atomic E-state index is 14.0. The van der Waals surface area contributed by atoms with Crippen LogP contribution in [0.4, 0.5) is 0 Å². The first-order valence-corrected chi connectivity index (χ1v) is 11.1. The number of ether oxygens (including phenoxy) is 1. The lowest BCUT2D eigenvalue weighted by Gasteiger charge is -2.22. The van der Waals surface area contributed by atoms with Gasteiger partial charge in [-0.25, -0.2) is 0 Å². The molecule has 0 aliphatic rings. The number of carbonyl (C=O) groups is 1. The van der Waals surface area contributed by atoms with Crippen LogP contribution in [0.3, 0.4) is 0 Å². The van der Waals surface area contributed by atoms with Crippen molar-refractivity contribution in [1.82, 2.24) is 14.7 Å². The molecule has 5 nitrogen and oxygen atoms in total. The van der Waals surface area contributed by atoms with E-state index in [0.29, 0.717) is 30.2 Å². The van der Waals surface area contributed by atoms with Crippen molar-refractivity contribution in [2.24, 2.45) is 0 Å². The molecule has 0 N–H and O–H groups in total. The molecule has 5 heteroatoms. The monoisotopic (exact) mass is 455 g/mol. The van der Waals surface area contributed by atoms with Gasteiger partial charge >= 0.3 is 0 Å². The summed E-state index contributed by atoms with van der Waals surface area (Å²) in [6.45, 7) is 16.0. The van der Waals surface area contributed by atoms with Crippen molar-refractivity contribution >= 4 is 11.6 Å². The average molecular weight is 456 g/mol. The number of hydrogen-bond donors (Lipinski definition) is 0. The highest BCUT2D eigenvalue weighted by Crippen LogP contribution is 2.34. The zero-order chi connectivity index (χ0) is 24.9. The minimum absolute atomic E-state index is 0.209. The van der Waals surface area contributed by atoms with Gasteiger partial charge in [-0.3, -0.25) is 4.79 Å². The predicted molar refractivity (Wildman–Crippen MR) is 143 cm³/mol. The molecule has 0 radical (unpaired) electrons. The number of rotatable bonds is 12. The smallest absolute Gasteiger partial charge is 0.262 e. The molecular formula is C29H33N3O2. The maximum atomic E-state index is 14.0. The molecule has 0 aliphatic heterocycles. The number of aromatic nitrogens is 2. The first kappa shape index (κ1) is 26.1. The van der Waals surface area contributed by atoms with Crippen molar-refractivity contribution in [1.29, 1.82) is 0 Å². The SMILES string of the molecule is C=C/C=C(\C=C/C)CN(CC=C)C(=O)c1c(-c2ccccc2)nn(C(/C=C\C)=C/C=C)c1OC. The Kier molecular flexibility index (Phi) is 10.3. The van der Waals surface area contributed by atoms with E-state index in [4.69, 9.17) is 9.84 Å². The first-order valence-electron chi connectivity index (χ1n) is 11.1. The Labute approximate surface area is 203 Å². The van der Waals surface area contributed by atoms with Gasteiger partial charge in [-0.05, 0) is 31.6 Å². The molecule has 0 saturated carbocycles. The van der Waals surface area contributed by atoms with E-state index >= 15 is 0 Å². The molecule has 2 aromatic rings. The molecule has 0 saturated heterocycles. The molecule has 0 atom stereocenters. The topological polar surface area (TPSA) is 47.4 Å². The van der Waals surface area contributed by atoms with Gasteiger partial charge in [-0.1, -0.05) is 86.0 Å². The Morgan fingerprint density at radius 3 is 2.29 bits per heavy atom. The number of carbonyl (C=O) groups excluding carboxylic acids is 1. The van der Waals surface area contributed by atoms with Gasteiger partial charge in [0.1, 0.15) is 11.3 Å². The van der Waals surface area contributed by atoms with Gasteiger partial charge in [0.2, 0.25) is 5.88 Å². The van der Waals surface area contributed by atoms with Gasteiger partial charge < -0.3 is 9.64 Å². The van der Waals surface area contributed by atoms with E-state index in [9.17, 15) is 4.79 Å². The summed E-state index contributed by atoms with van der Waals surface area (Å²) >= 11 is 0. The van der Waals surface area contributed by atoms with Crippen molar-refractivity contribution in [3.05, 3.63) is 116 Å². The second-order valence-electron chi connectivity index (χ2n) is 7.29. The number of hydrogen-bond acceptors (Lipinski definition) is 3. The Morgan fingerprint density at radius 1 is 1.06 bits per heavy atom. The van der Waals surface area contributed by atoms with Crippen molar-refractivity contribution in [3.8, 4) is 17.1 Å². The number of amides is 1. The van der Waals surface area contributed by atoms with E-state index < -0.39 is 0 Å². The van der Waals surface area contributed by atoms with Gasteiger partial charge in [-0.15, -0.1) is 6.58 Å². The third kappa shape index (κ3) is 6.23. The lowest BCUT2D eigenvalue weighted by molar-refractivity contribution is 0.0785. The third-order valence-electron chi connectivity index (χ3n) is 4.89. The van der Waals surface area contributed by atoms with Crippen LogP contribution in [0.15, 0.2) is 110 Å². The number of benzene rings is 1. The Balaban J connectivity index is 2.77. The molecule has 1 aromatic heterocycles. The molecule has 1 amide bonds. The quantitative estimate of drug-likeness (QED) is 0.272. The van der Waals surface area contributed by atoms with Crippen molar-refractivity contribution in [3.63, 3.8) is 0 Å². The Hall–Kier alpha value is -4.12. The molecule has 0 fully saturated rings. The third-order valence-corrected chi connectivity index (χ3v) is 4.89. The lowest BCUT2D eigenvalue weighted by Crippen LogP contribution is -2.33. The van der Waals surface area contributed by atoms with E-state index in [-0.39, 0.29) is 5.91 Å². The van der Waals surface area contributed by atoms with Gasteiger partial charge in [0, 0.05) is 18.7 Å². The highest BCUT2D eigenvalue weighted by molar-refractivity contribution is 6.03. The van der Waals surface area contributed by atoms with E-state index in [2.05, 4.69) is 19.7 Å². The molecule has 0 aliphatic carbocycles. The molecule has 1 heterocycles. The number of nitrogens with zero attached hydrogens (tertiary/aromatic N) is 3. The number of allylic oxidation sites excluding steroid dienone is 8. The summed E-state index contributed by atoms with van der Waals surface area (Å²) in [5, 5.41) is 4.81. The number of methoxy groups -OCH3 is 1. The zero-order valence-electron chi connectivity index (χ0n) is 20.3. The second kappa shape index (κ2) is 13.4. The van der Waals surface area contributed by atoms with Crippen LogP contribution in [0.25, 0.3) is 17.0 Å². The summed E-state index contributed by atoms with van der Waals surface area (Å²) in [6, 6.07) is 9.61. The van der Waals surface area contributed by atoms with E-state index in [0.717, 1.165) is 16.8 Å². The van der Waals surface area contributed by atoms with E-state index in [1.807, 2.05) is 80.6 Å². The Bertz CT molecular complexity index is 1130. The highest BCUT2D eigenvalue weighted by atomic mass is 16.5. The fourth-order valence-electron chi connectivity index (χ4n) is 3.53. The summed E-state index contributed by atoms with van der Waals surface area (Å²) in [7, 11) is 1.54. The van der Waals surface area contributed by atoms with Gasteiger partial charge in [0.05, 0.1) is 12.8 Å². The summed E-state index contributed by atoms with van der Waals surface area (Å²) in [5.74, 6) is 0.143. The minimum atomic E-state index is -0.209. The zero-order valence-corrected chi connectivity index (χ0v) is 20.3. The van der Waals surface area contributed by atoms with Crippen molar-refractivity contribution in [2.45, 2.75) is 13.8 Å². The lowest BCUT2D eigenvalue weighted by atomic mass is 10.1. The van der Waals surface area contributed by atoms with Gasteiger partial charge in [0.25, 0.3) is 5.91 Å². The van der Waals surface area contributed by atoms with Crippen LogP contribution >= 0.6 is 0 Å². The largest absolute Gasteiger partial charge is 0.480 e. The average Bonchev–Trinajstić information content (AvgIpc) is 3.23.